The smallest absolute Gasteiger partial charge is 0.255 e. The minimum atomic E-state index is -0.117. The van der Waals surface area contributed by atoms with Crippen molar-refractivity contribution in [3.8, 4) is 6.07 Å². The molecule has 1 amide bonds. The molecule has 0 radical (unpaired) electrons. The quantitative estimate of drug-likeness (QED) is 0.846. The lowest BCUT2D eigenvalue weighted by Crippen LogP contribution is -2.35. The molecule has 19 heavy (non-hydrogen) atoms. The van der Waals surface area contributed by atoms with E-state index in [-0.39, 0.29) is 5.91 Å². The number of benzene rings is 1. The number of hydrogen-bond acceptors (Lipinski definition) is 3. The maximum atomic E-state index is 12.4. The molecule has 4 nitrogen and oxygen atoms in total. The SMILES string of the molecule is CC(C)CN(CCC#N)C(=O)c1ccc(Br)cc1N. The molecule has 0 aliphatic carbocycles. The first-order valence-corrected chi connectivity index (χ1v) is 6.96. The maximum absolute atomic E-state index is 12.4. The number of nitrogens with zero attached hydrogens (tertiary/aromatic N) is 2. The number of carbonyl (C=O) groups is 1. The van der Waals surface area contributed by atoms with Crippen molar-refractivity contribution in [3.63, 3.8) is 0 Å². The Morgan fingerprint density at radius 3 is 2.74 bits per heavy atom. The van der Waals surface area contributed by atoms with E-state index in [0.29, 0.717) is 36.7 Å². The zero-order valence-corrected chi connectivity index (χ0v) is 12.8. The number of halogens is 1. The molecule has 1 rings (SSSR count). The summed E-state index contributed by atoms with van der Waals surface area (Å²) in [6.07, 6.45) is 0.328. The van der Waals surface area contributed by atoms with E-state index in [1.807, 2.05) is 13.8 Å². The van der Waals surface area contributed by atoms with Crippen LogP contribution in [0.4, 0.5) is 5.69 Å². The van der Waals surface area contributed by atoms with Gasteiger partial charge in [-0.2, -0.15) is 5.26 Å². The van der Waals surface area contributed by atoms with Gasteiger partial charge in [0.1, 0.15) is 0 Å². The molecule has 0 unspecified atom stereocenters. The van der Waals surface area contributed by atoms with Gasteiger partial charge in [-0.25, -0.2) is 0 Å². The Morgan fingerprint density at radius 1 is 1.53 bits per heavy atom. The Kier molecular flexibility index (Phi) is 5.84. The van der Waals surface area contributed by atoms with Crippen LogP contribution < -0.4 is 5.73 Å². The van der Waals surface area contributed by atoms with Crippen LogP contribution in [-0.4, -0.2) is 23.9 Å². The summed E-state index contributed by atoms with van der Waals surface area (Å²) in [4.78, 5) is 14.1. The van der Waals surface area contributed by atoms with Crippen LogP contribution in [0.25, 0.3) is 0 Å². The molecule has 0 saturated heterocycles. The molecule has 1 aromatic rings. The predicted molar refractivity (Wildman–Crippen MR) is 79.5 cm³/mol. The summed E-state index contributed by atoms with van der Waals surface area (Å²) in [5.41, 5.74) is 6.81. The Bertz CT molecular complexity index is 494. The first kappa shape index (κ1) is 15.5. The molecule has 0 heterocycles. The van der Waals surface area contributed by atoms with Crippen molar-refractivity contribution in [3.05, 3.63) is 28.2 Å². The third kappa shape index (κ3) is 4.56. The number of carbonyl (C=O) groups excluding carboxylic acids is 1. The molecule has 1 aromatic carbocycles. The van der Waals surface area contributed by atoms with Gasteiger partial charge >= 0.3 is 0 Å². The second-order valence-electron chi connectivity index (χ2n) is 4.78. The molecule has 0 saturated carbocycles. The molecule has 2 N–H and O–H groups in total. The second-order valence-corrected chi connectivity index (χ2v) is 5.70. The monoisotopic (exact) mass is 323 g/mol. The van der Waals surface area contributed by atoms with Crippen molar-refractivity contribution in [2.24, 2.45) is 5.92 Å². The van der Waals surface area contributed by atoms with E-state index in [0.717, 1.165) is 4.47 Å². The third-order valence-corrected chi connectivity index (χ3v) is 3.10. The number of nitriles is 1. The summed E-state index contributed by atoms with van der Waals surface area (Å²) < 4.78 is 0.842. The normalized spacial score (nSPS) is 10.3. The lowest BCUT2D eigenvalue weighted by atomic mass is 10.1. The molecule has 0 atom stereocenters. The molecule has 0 bridgehead atoms. The van der Waals surface area contributed by atoms with E-state index in [9.17, 15) is 4.79 Å². The average Bonchev–Trinajstić information content (AvgIpc) is 2.33. The molecule has 0 aliphatic heterocycles. The second kappa shape index (κ2) is 7.15. The van der Waals surface area contributed by atoms with Crippen molar-refractivity contribution in [2.75, 3.05) is 18.8 Å². The van der Waals surface area contributed by atoms with Crippen LogP contribution >= 0.6 is 15.9 Å². The van der Waals surface area contributed by atoms with Gasteiger partial charge in [0.25, 0.3) is 5.91 Å². The van der Waals surface area contributed by atoms with Crippen molar-refractivity contribution in [1.29, 1.82) is 5.26 Å². The van der Waals surface area contributed by atoms with Gasteiger partial charge in [-0.15, -0.1) is 0 Å². The Hall–Kier alpha value is -1.54. The van der Waals surface area contributed by atoms with Crippen molar-refractivity contribution in [1.82, 2.24) is 4.90 Å². The lowest BCUT2D eigenvalue weighted by molar-refractivity contribution is 0.0741. The third-order valence-electron chi connectivity index (χ3n) is 2.61. The van der Waals surface area contributed by atoms with E-state index in [1.54, 1.807) is 23.1 Å². The summed E-state index contributed by atoms with van der Waals surface area (Å²) in [6.45, 7) is 5.13. The Morgan fingerprint density at radius 2 is 2.21 bits per heavy atom. The van der Waals surface area contributed by atoms with E-state index in [4.69, 9.17) is 11.0 Å². The van der Waals surface area contributed by atoms with Gasteiger partial charge in [-0.1, -0.05) is 29.8 Å². The first-order chi connectivity index (χ1) is 8.95. The van der Waals surface area contributed by atoms with Crippen LogP contribution in [0.3, 0.4) is 0 Å². The number of anilines is 1. The number of nitrogen functional groups attached to an aromatic ring is 1. The van der Waals surface area contributed by atoms with Crippen molar-refractivity contribution >= 4 is 27.5 Å². The molecular weight excluding hydrogens is 306 g/mol. The van der Waals surface area contributed by atoms with Gasteiger partial charge in [0.05, 0.1) is 18.1 Å². The zero-order chi connectivity index (χ0) is 14.4. The fourth-order valence-corrected chi connectivity index (χ4v) is 2.18. The van der Waals surface area contributed by atoms with E-state index < -0.39 is 0 Å². The van der Waals surface area contributed by atoms with Gasteiger partial charge < -0.3 is 10.6 Å². The van der Waals surface area contributed by atoms with Crippen LogP contribution in [0.1, 0.15) is 30.6 Å². The number of hydrogen-bond donors (Lipinski definition) is 1. The van der Waals surface area contributed by atoms with Gasteiger partial charge in [-0.3, -0.25) is 4.79 Å². The maximum Gasteiger partial charge on any atom is 0.255 e. The van der Waals surface area contributed by atoms with Crippen LogP contribution in [-0.2, 0) is 0 Å². The Balaban J connectivity index is 2.94. The largest absolute Gasteiger partial charge is 0.398 e. The van der Waals surface area contributed by atoms with Crippen LogP contribution in [0.5, 0.6) is 0 Å². The van der Waals surface area contributed by atoms with E-state index in [1.165, 1.54) is 0 Å². The summed E-state index contributed by atoms with van der Waals surface area (Å²) >= 11 is 3.32. The first-order valence-electron chi connectivity index (χ1n) is 6.17. The summed E-state index contributed by atoms with van der Waals surface area (Å²) in [7, 11) is 0. The van der Waals surface area contributed by atoms with Gasteiger partial charge in [-0.05, 0) is 24.1 Å². The molecule has 0 fully saturated rings. The van der Waals surface area contributed by atoms with Gasteiger partial charge in [0.2, 0.25) is 0 Å². The Labute approximate surface area is 122 Å². The highest BCUT2D eigenvalue weighted by atomic mass is 79.9. The molecule has 0 aliphatic rings. The van der Waals surface area contributed by atoms with Crippen LogP contribution in [0.2, 0.25) is 0 Å². The summed E-state index contributed by atoms with van der Waals surface area (Å²) in [5.74, 6) is 0.230. The minimum Gasteiger partial charge on any atom is -0.398 e. The lowest BCUT2D eigenvalue weighted by Gasteiger charge is -2.24. The van der Waals surface area contributed by atoms with Crippen LogP contribution in [0.15, 0.2) is 22.7 Å². The molecule has 5 heteroatoms. The summed E-state index contributed by atoms with van der Waals surface area (Å²) in [6, 6.07) is 7.29. The highest BCUT2D eigenvalue weighted by Crippen LogP contribution is 2.20. The minimum absolute atomic E-state index is 0.117. The van der Waals surface area contributed by atoms with E-state index in [2.05, 4.69) is 22.0 Å². The number of rotatable bonds is 5. The fraction of sp³-hybridized carbons (Fsp3) is 0.429. The summed E-state index contributed by atoms with van der Waals surface area (Å²) in [5, 5.41) is 8.67. The average molecular weight is 324 g/mol. The fourth-order valence-electron chi connectivity index (χ4n) is 1.80. The molecule has 0 aromatic heterocycles. The molecule has 102 valence electrons. The molecular formula is C14H18BrN3O. The zero-order valence-electron chi connectivity index (χ0n) is 11.2. The van der Waals surface area contributed by atoms with Gasteiger partial charge in [0.15, 0.2) is 0 Å². The van der Waals surface area contributed by atoms with Crippen LogP contribution in [0, 0.1) is 17.2 Å². The number of nitrogens with two attached hydrogens (primary N) is 1. The van der Waals surface area contributed by atoms with Crippen molar-refractivity contribution in [2.45, 2.75) is 20.3 Å². The highest BCUT2D eigenvalue weighted by molar-refractivity contribution is 9.10. The number of amides is 1. The standard InChI is InChI=1S/C14H18BrN3O/c1-10(2)9-18(7-3-6-16)14(19)12-5-4-11(15)8-13(12)17/h4-5,8,10H,3,7,9,17H2,1-2H3. The van der Waals surface area contributed by atoms with Gasteiger partial charge in [0, 0.05) is 23.2 Å². The topological polar surface area (TPSA) is 70.1 Å². The molecule has 0 spiro atoms. The predicted octanol–water partition coefficient (Wildman–Crippen LogP) is 3.04. The van der Waals surface area contributed by atoms with E-state index >= 15 is 0 Å². The van der Waals surface area contributed by atoms with Crippen molar-refractivity contribution < 1.29 is 4.79 Å². The highest BCUT2D eigenvalue weighted by Gasteiger charge is 2.18.